The molecule has 4 rings (SSSR count). The Morgan fingerprint density at radius 3 is 2.52 bits per heavy atom. The summed E-state index contributed by atoms with van der Waals surface area (Å²) in [6.07, 6.45) is 0. The molecule has 0 aliphatic carbocycles. The number of H-pyrrole nitrogens is 1. The maximum Gasteiger partial charge on any atom is 0.305 e. The van der Waals surface area contributed by atoms with Gasteiger partial charge < -0.3 is 14.5 Å². The van der Waals surface area contributed by atoms with Gasteiger partial charge in [-0.05, 0) is 17.7 Å². The zero-order chi connectivity index (χ0) is 17.7. The predicted molar refractivity (Wildman–Crippen MR) is 92.6 cm³/mol. The second kappa shape index (κ2) is 5.92. The SMILES string of the molecule is COc1ccc([C@H]2c3sc(=O)[nH]c3S[C@H]3C(=O)NC(=O)[C@H]23)cc1OC. The molecule has 2 amide bonds. The summed E-state index contributed by atoms with van der Waals surface area (Å²) in [6, 6.07) is 5.39. The quantitative estimate of drug-likeness (QED) is 0.782. The van der Waals surface area contributed by atoms with Crippen LogP contribution in [0.2, 0.25) is 0 Å². The Hall–Kier alpha value is -2.26. The first kappa shape index (κ1) is 16.2. The number of hydrogen-bond donors (Lipinski definition) is 2. The highest BCUT2D eigenvalue weighted by Gasteiger charge is 2.52. The van der Waals surface area contributed by atoms with E-state index >= 15 is 0 Å². The van der Waals surface area contributed by atoms with Gasteiger partial charge in [-0.15, -0.1) is 0 Å². The molecule has 1 aromatic heterocycles. The van der Waals surface area contributed by atoms with E-state index in [9.17, 15) is 14.4 Å². The van der Waals surface area contributed by atoms with Crippen LogP contribution in [0.15, 0.2) is 28.0 Å². The number of aromatic amines is 1. The maximum absolute atomic E-state index is 12.4. The Morgan fingerprint density at radius 2 is 1.80 bits per heavy atom. The molecule has 0 radical (unpaired) electrons. The summed E-state index contributed by atoms with van der Waals surface area (Å²) in [4.78, 5) is 39.8. The fourth-order valence-electron chi connectivity index (χ4n) is 3.34. The number of hydrogen-bond acceptors (Lipinski definition) is 7. The van der Waals surface area contributed by atoms with Crippen molar-refractivity contribution in [2.45, 2.75) is 16.2 Å². The molecule has 0 bridgehead atoms. The summed E-state index contributed by atoms with van der Waals surface area (Å²) in [5, 5.41) is 2.51. The van der Waals surface area contributed by atoms with Crippen LogP contribution < -0.4 is 19.7 Å². The number of carbonyl (C=O) groups excluding carboxylic acids is 2. The van der Waals surface area contributed by atoms with Crippen LogP contribution in [0, 0.1) is 5.92 Å². The first-order valence-corrected chi connectivity index (χ1v) is 9.19. The number of rotatable bonds is 3. The Morgan fingerprint density at radius 1 is 1.04 bits per heavy atom. The first-order chi connectivity index (χ1) is 12.0. The van der Waals surface area contributed by atoms with Crippen LogP contribution in [0.25, 0.3) is 0 Å². The van der Waals surface area contributed by atoms with E-state index in [2.05, 4.69) is 10.3 Å². The van der Waals surface area contributed by atoms with Crippen LogP contribution in [0.4, 0.5) is 0 Å². The molecule has 25 heavy (non-hydrogen) atoms. The van der Waals surface area contributed by atoms with Crippen molar-refractivity contribution in [2.75, 3.05) is 14.2 Å². The Bertz CT molecular complexity index is 935. The monoisotopic (exact) mass is 378 g/mol. The first-order valence-electron chi connectivity index (χ1n) is 7.49. The molecule has 7 nitrogen and oxygen atoms in total. The van der Waals surface area contributed by atoms with Crippen molar-refractivity contribution in [2.24, 2.45) is 5.92 Å². The van der Waals surface area contributed by atoms with Crippen molar-refractivity contribution in [1.82, 2.24) is 10.3 Å². The number of thiazole rings is 1. The third-order valence-corrected chi connectivity index (χ3v) is 6.84. The summed E-state index contributed by atoms with van der Waals surface area (Å²) >= 11 is 2.32. The van der Waals surface area contributed by atoms with Crippen molar-refractivity contribution < 1.29 is 19.1 Å². The van der Waals surface area contributed by atoms with Gasteiger partial charge in [0.05, 0.1) is 25.2 Å². The Labute approximate surface area is 150 Å². The van der Waals surface area contributed by atoms with Crippen LogP contribution in [-0.2, 0) is 9.59 Å². The second-order valence-electron chi connectivity index (χ2n) is 5.72. The number of carbonyl (C=O) groups is 2. The normalized spacial score (nSPS) is 24.5. The Balaban J connectivity index is 1.90. The van der Waals surface area contributed by atoms with Gasteiger partial charge in [-0.3, -0.25) is 19.7 Å². The lowest BCUT2D eigenvalue weighted by molar-refractivity contribution is -0.125. The largest absolute Gasteiger partial charge is 0.493 e. The van der Waals surface area contributed by atoms with Gasteiger partial charge in [-0.1, -0.05) is 29.2 Å². The molecule has 3 atom stereocenters. The van der Waals surface area contributed by atoms with E-state index in [-0.39, 0.29) is 16.7 Å². The molecule has 2 aromatic rings. The van der Waals surface area contributed by atoms with Gasteiger partial charge in [-0.2, -0.15) is 0 Å². The molecule has 2 aliphatic heterocycles. The third kappa shape index (κ3) is 2.46. The average molecular weight is 378 g/mol. The van der Waals surface area contributed by atoms with Crippen LogP contribution in [0.5, 0.6) is 11.5 Å². The number of ether oxygens (including phenoxy) is 2. The van der Waals surface area contributed by atoms with Crippen LogP contribution in [0.3, 0.4) is 0 Å². The van der Waals surface area contributed by atoms with E-state index in [0.717, 1.165) is 21.8 Å². The van der Waals surface area contributed by atoms with Crippen LogP contribution in [-0.4, -0.2) is 36.3 Å². The summed E-state index contributed by atoms with van der Waals surface area (Å²) in [7, 11) is 3.08. The Kier molecular flexibility index (Phi) is 3.84. The molecule has 130 valence electrons. The van der Waals surface area contributed by atoms with E-state index in [0.29, 0.717) is 16.5 Å². The number of methoxy groups -OCH3 is 2. The number of imide groups is 1. The van der Waals surface area contributed by atoms with E-state index in [1.165, 1.54) is 18.9 Å². The number of fused-ring (bicyclic) bond motifs is 2. The minimum Gasteiger partial charge on any atom is -0.493 e. The highest BCUT2D eigenvalue weighted by Crippen LogP contribution is 2.51. The fourth-order valence-corrected chi connectivity index (χ4v) is 5.82. The molecule has 1 aromatic carbocycles. The summed E-state index contributed by atoms with van der Waals surface area (Å²) in [5.41, 5.74) is 0.800. The van der Waals surface area contributed by atoms with Gasteiger partial charge in [0.25, 0.3) is 0 Å². The molecule has 0 spiro atoms. The van der Waals surface area contributed by atoms with E-state index in [4.69, 9.17) is 9.47 Å². The molecule has 1 fully saturated rings. The van der Waals surface area contributed by atoms with Crippen molar-refractivity contribution in [3.8, 4) is 11.5 Å². The minimum atomic E-state index is -0.561. The highest BCUT2D eigenvalue weighted by atomic mass is 32.2. The van der Waals surface area contributed by atoms with Gasteiger partial charge in [0.2, 0.25) is 11.8 Å². The van der Waals surface area contributed by atoms with Crippen molar-refractivity contribution >= 4 is 34.9 Å². The molecule has 0 unspecified atom stereocenters. The number of amides is 2. The standard InChI is InChI=1S/C16H14N2O5S2/c1-22-7-4-3-6(5-8(7)23-2)9-10-11(14(20)17-13(10)19)24-15-12(9)25-16(21)18-15/h3-5,9-11H,1-2H3,(H,18,21)(H,17,19,20)/t9-,10-,11-/m1/s1. The smallest absolute Gasteiger partial charge is 0.305 e. The van der Waals surface area contributed by atoms with Gasteiger partial charge in [0, 0.05) is 10.8 Å². The zero-order valence-electron chi connectivity index (χ0n) is 13.3. The third-order valence-electron chi connectivity index (χ3n) is 4.43. The van der Waals surface area contributed by atoms with Crippen molar-refractivity contribution in [3.63, 3.8) is 0 Å². The predicted octanol–water partition coefficient (Wildman–Crippen LogP) is 1.33. The highest BCUT2D eigenvalue weighted by molar-refractivity contribution is 8.00. The zero-order valence-corrected chi connectivity index (χ0v) is 15.0. The number of nitrogens with one attached hydrogen (secondary N) is 2. The number of benzene rings is 1. The molecule has 2 aliphatic rings. The molecular weight excluding hydrogens is 364 g/mol. The van der Waals surface area contributed by atoms with Crippen LogP contribution in [0.1, 0.15) is 16.4 Å². The minimum absolute atomic E-state index is 0.198. The van der Waals surface area contributed by atoms with E-state index in [1.54, 1.807) is 19.2 Å². The topological polar surface area (TPSA) is 97.5 Å². The van der Waals surface area contributed by atoms with Gasteiger partial charge >= 0.3 is 4.87 Å². The number of thioether (sulfide) groups is 1. The lowest BCUT2D eigenvalue weighted by Crippen LogP contribution is -2.31. The van der Waals surface area contributed by atoms with Crippen molar-refractivity contribution in [3.05, 3.63) is 38.3 Å². The molecule has 1 saturated heterocycles. The summed E-state index contributed by atoms with van der Waals surface area (Å²) in [5.74, 6) is -0.477. The van der Waals surface area contributed by atoms with Gasteiger partial charge in [-0.25, -0.2) is 0 Å². The average Bonchev–Trinajstić information content (AvgIpc) is 3.11. The van der Waals surface area contributed by atoms with Crippen LogP contribution >= 0.6 is 23.1 Å². The van der Waals surface area contributed by atoms with Gasteiger partial charge in [0.1, 0.15) is 5.25 Å². The molecular formula is C16H14N2O5S2. The molecule has 9 heteroatoms. The fraction of sp³-hybridized carbons (Fsp3) is 0.312. The molecule has 0 saturated carbocycles. The number of aromatic nitrogens is 1. The molecule has 3 heterocycles. The lowest BCUT2D eigenvalue weighted by Gasteiger charge is -2.30. The van der Waals surface area contributed by atoms with E-state index < -0.39 is 17.1 Å². The lowest BCUT2D eigenvalue weighted by atomic mass is 9.83. The van der Waals surface area contributed by atoms with Gasteiger partial charge in [0.15, 0.2) is 11.5 Å². The van der Waals surface area contributed by atoms with Crippen molar-refractivity contribution in [1.29, 1.82) is 0 Å². The summed E-state index contributed by atoms with van der Waals surface area (Å²) < 4.78 is 10.6. The van der Waals surface area contributed by atoms with E-state index in [1.807, 2.05) is 6.07 Å². The second-order valence-corrected chi connectivity index (χ2v) is 7.88. The maximum atomic E-state index is 12.4. The summed E-state index contributed by atoms with van der Waals surface area (Å²) in [6.45, 7) is 0. The molecule has 2 N–H and O–H groups in total.